The molecule has 10 heteroatoms. The van der Waals surface area contributed by atoms with Gasteiger partial charge >= 0.3 is 6.03 Å². The summed E-state index contributed by atoms with van der Waals surface area (Å²) in [7, 11) is 0. The maximum atomic E-state index is 12.7. The van der Waals surface area contributed by atoms with Crippen LogP contribution in [0.5, 0.6) is 0 Å². The lowest BCUT2D eigenvalue weighted by Gasteiger charge is -2.23. The Morgan fingerprint density at radius 1 is 1.06 bits per heavy atom. The van der Waals surface area contributed by atoms with Crippen LogP contribution in [0.3, 0.4) is 0 Å². The monoisotopic (exact) mass is 484 g/mol. The summed E-state index contributed by atoms with van der Waals surface area (Å²) >= 11 is 7.30. The second-order valence-electron chi connectivity index (χ2n) is 7.91. The van der Waals surface area contributed by atoms with Crippen LogP contribution >= 0.6 is 23.4 Å². The van der Waals surface area contributed by atoms with Gasteiger partial charge in [-0.2, -0.15) is 0 Å². The molecular weight excluding hydrogens is 460 g/mol. The van der Waals surface area contributed by atoms with Crippen LogP contribution < -0.4 is 10.6 Å². The Bertz CT molecular complexity index is 1100. The molecule has 0 bridgehead atoms. The summed E-state index contributed by atoms with van der Waals surface area (Å²) in [5, 5.41) is 14.6. The van der Waals surface area contributed by atoms with Crippen LogP contribution in [0, 0.1) is 0 Å². The first-order valence-corrected chi connectivity index (χ1v) is 12.2. The Hall–Kier alpha value is -2.91. The van der Waals surface area contributed by atoms with Gasteiger partial charge in [-0.3, -0.25) is 19.7 Å². The minimum absolute atomic E-state index is 0.130. The van der Waals surface area contributed by atoms with Crippen molar-refractivity contribution in [2.24, 2.45) is 0 Å². The normalized spacial score (nSPS) is 15.1. The third-order valence-corrected chi connectivity index (χ3v) is 6.78. The van der Waals surface area contributed by atoms with Gasteiger partial charge < -0.3 is 5.32 Å². The highest BCUT2D eigenvalue weighted by Crippen LogP contribution is 2.30. The Labute approximate surface area is 201 Å². The van der Waals surface area contributed by atoms with Crippen molar-refractivity contribution in [3.05, 3.63) is 53.8 Å². The molecule has 1 aliphatic carbocycles. The second-order valence-corrected chi connectivity index (χ2v) is 9.66. The summed E-state index contributed by atoms with van der Waals surface area (Å²) < 4.78 is 1.86. The van der Waals surface area contributed by atoms with Crippen molar-refractivity contribution < 1.29 is 9.59 Å². The number of benzene rings is 1. The Morgan fingerprint density at radius 2 is 1.76 bits per heavy atom. The fourth-order valence-electron chi connectivity index (χ4n) is 3.75. The maximum absolute atomic E-state index is 12.7. The molecular formula is C23H25ClN6O2S. The molecule has 0 aliphatic heterocycles. The molecule has 33 heavy (non-hydrogen) atoms. The van der Waals surface area contributed by atoms with E-state index < -0.39 is 11.3 Å². The lowest BCUT2D eigenvalue weighted by atomic mass is 9.96. The number of thioether (sulfide) groups is 1. The first-order chi connectivity index (χ1) is 16.0. The van der Waals surface area contributed by atoms with Gasteiger partial charge in [0.15, 0.2) is 11.0 Å². The van der Waals surface area contributed by atoms with Crippen molar-refractivity contribution in [1.82, 2.24) is 30.4 Å². The number of halogens is 1. The molecule has 172 valence electrons. The highest BCUT2D eigenvalue weighted by molar-refractivity contribution is 8.00. The molecule has 0 spiro atoms. The Balaban J connectivity index is 1.51. The predicted molar refractivity (Wildman–Crippen MR) is 128 cm³/mol. The summed E-state index contributed by atoms with van der Waals surface area (Å²) in [4.78, 5) is 29.0. The number of nitrogens with one attached hydrogen (secondary N) is 2. The minimum atomic E-state index is -0.567. The molecule has 1 aliphatic rings. The summed E-state index contributed by atoms with van der Waals surface area (Å²) in [6, 6.07) is 10.7. The Kier molecular flexibility index (Phi) is 7.61. The molecule has 0 saturated heterocycles. The zero-order valence-electron chi connectivity index (χ0n) is 18.2. The molecule has 3 amide bonds. The van der Waals surface area contributed by atoms with Gasteiger partial charge in [0, 0.05) is 34.7 Å². The molecule has 2 heterocycles. The second kappa shape index (κ2) is 10.8. The molecule has 3 aromatic rings. The van der Waals surface area contributed by atoms with Crippen molar-refractivity contribution in [3.63, 3.8) is 0 Å². The van der Waals surface area contributed by atoms with Gasteiger partial charge in [0.25, 0.3) is 0 Å². The number of carbonyl (C=O) groups is 2. The number of hydrogen-bond acceptors (Lipinski definition) is 6. The highest BCUT2D eigenvalue weighted by Gasteiger charge is 2.24. The lowest BCUT2D eigenvalue weighted by molar-refractivity contribution is -0.119. The van der Waals surface area contributed by atoms with Crippen molar-refractivity contribution in [1.29, 1.82) is 0 Å². The van der Waals surface area contributed by atoms with Gasteiger partial charge in [0.1, 0.15) is 0 Å². The van der Waals surface area contributed by atoms with Gasteiger partial charge in [-0.1, -0.05) is 42.6 Å². The van der Waals surface area contributed by atoms with Crippen LogP contribution in [0.15, 0.2) is 53.9 Å². The maximum Gasteiger partial charge on any atom is 0.321 e. The number of carbonyl (C=O) groups excluding carboxylic acids is 2. The quantitative estimate of drug-likeness (QED) is 0.495. The summed E-state index contributed by atoms with van der Waals surface area (Å²) in [5.41, 5.74) is 1.64. The Morgan fingerprint density at radius 3 is 2.45 bits per heavy atom. The highest BCUT2D eigenvalue weighted by atomic mass is 35.5. The van der Waals surface area contributed by atoms with Gasteiger partial charge in [0.2, 0.25) is 5.91 Å². The van der Waals surface area contributed by atoms with Crippen molar-refractivity contribution in [2.45, 2.75) is 55.5 Å². The van der Waals surface area contributed by atoms with Crippen LogP contribution in [0.1, 0.15) is 39.0 Å². The standard InChI is InChI=1S/C23H25ClN6O2S/c1-15(21(31)27-22(32)26-18-5-3-2-4-6-18)33-23-29-28-20(16-11-13-25-14-12-16)30(23)19-9-7-17(24)8-10-19/h7-15,18H,2-6H2,1H3,(H2,26,27,31,32). The van der Waals surface area contributed by atoms with E-state index in [9.17, 15) is 9.59 Å². The van der Waals surface area contributed by atoms with E-state index in [1.54, 1.807) is 31.5 Å². The molecule has 1 fully saturated rings. The lowest BCUT2D eigenvalue weighted by Crippen LogP contribution is -2.47. The van der Waals surface area contributed by atoms with Crippen LogP contribution in [0.25, 0.3) is 17.1 Å². The third kappa shape index (κ3) is 5.91. The molecule has 4 rings (SSSR count). The largest absolute Gasteiger partial charge is 0.335 e. The van der Waals surface area contributed by atoms with Crippen molar-refractivity contribution in [2.75, 3.05) is 0 Å². The van der Waals surface area contributed by atoms with E-state index in [0.29, 0.717) is 16.0 Å². The van der Waals surface area contributed by atoms with E-state index in [1.165, 1.54) is 18.2 Å². The SMILES string of the molecule is CC(Sc1nnc(-c2ccncc2)n1-c1ccc(Cl)cc1)C(=O)NC(=O)NC1CCCCC1. The summed E-state index contributed by atoms with van der Waals surface area (Å²) in [6.45, 7) is 1.74. The molecule has 1 unspecified atom stereocenters. The molecule has 2 aromatic heterocycles. The number of hydrogen-bond donors (Lipinski definition) is 2. The molecule has 8 nitrogen and oxygen atoms in total. The average molecular weight is 485 g/mol. The van der Waals surface area contributed by atoms with Crippen LogP contribution in [-0.2, 0) is 4.79 Å². The fourth-order valence-corrected chi connectivity index (χ4v) is 4.74. The predicted octanol–water partition coefficient (Wildman–Crippen LogP) is 4.62. The molecule has 1 saturated carbocycles. The first-order valence-electron chi connectivity index (χ1n) is 10.9. The number of amides is 3. The molecule has 1 atom stereocenters. The van der Waals surface area contributed by atoms with Crippen LogP contribution in [0.4, 0.5) is 4.79 Å². The van der Waals surface area contributed by atoms with Gasteiger partial charge in [0.05, 0.1) is 5.25 Å². The van der Waals surface area contributed by atoms with E-state index in [0.717, 1.165) is 36.9 Å². The topological polar surface area (TPSA) is 102 Å². The summed E-state index contributed by atoms with van der Waals surface area (Å²) in [5.74, 6) is 0.231. The molecule has 0 radical (unpaired) electrons. The van der Waals surface area contributed by atoms with Crippen LogP contribution in [0.2, 0.25) is 5.02 Å². The average Bonchev–Trinajstić information content (AvgIpc) is 3.24. The number of imide groups is 1. The number of nitrogens with zero attached hydrogens (tertiary/aromatic N) is 4. The first kappa shape index (κ1) is 23.3. The van der Waals surface area contributed by atoms with E-state index in [4.69, 9.17) is 11.6 Å². The van der Waals surface area contributed by atoms with E-state index in [2.05, 4.69) is 25.8 Å². The van der Waals surface area contributed by atoms with Gasteiger partial charge in [-0.05, 0) is 56.2 Å². The smallest absolute Gasteiger partial charge is 0.321 e. The molecule has 1 aromatic carbocycles. The zero-order chi connectivity index (χ0) is 23.2. The van der Waals surface area contributed by atoms with E-state index in [1.807, 2.05) is 28.8 Å². The van der Waals surface area contributed by atoms with Gasteiger partial charge in [-0.25, -0.2) is 4.79 Å². The summed E-state index contributed by atoms with van der Waals surface area (Å²) in [6.07, 6.45) is 8.68. The van der Waals surface area contributed by atoms with Gasteiger partial charge in [-0.15, -0.1) is 10.2 Å². The van der Waals surface area contributed by atoms with E-state index in [-0.39, 0.29) is 11.9 Å². The van der Waals surface area contributed by atoms with Crippen molar-refractivity contribution in [3.8, 4) is 17.1 Å². The minimum Gasteiger partial charge on any atom is -0.335 e. The third-order valence-electron chi connectivity index (χ3n) is 5.49. The van der Waals surface area contributed by atoms with Crippen molar-refractivity contribution >= 4 is 35.3 Å². The zero-order valence-corrected chi connectivity index (χ0v) is 19.8. The number of aromatic nitrogens is 4. The fraction of sp³-hybridized carbons (Fsp3) is 0.348. The number of urea groups is 1. The molecule has 2 N–H and O–H groups in total. The number of rotatable bonds is 6. The van der Waals surface area contributed by atoms with Crippen LogP contribution in [-0.4, -0.2) is 43.0 Å². The number of pyridine rings is 1. The van der Waals surface area contributed by atoms with E-state index >= 15 is 0 Å².